The van der Waals surface area contributed by atoms with E-state index >= 15 is 0 Å². The molecule has 1 aromatic carbocycles. The molecule has 0 N–H and O–H groups in total. The van der Waals surface area contributed by atoms with Gasteiger partial charge in [-0.2, -0.15) is 12.6 Å². The molecule has 1 rings (SSSR count). The third-order valence-corrected chi connectivity index (χ3v) is 2.05. The second-order valence-corrected chi connectivity index (χ2v) is 2.83. The predicted octanol–water partition coefficient (Wildman–Crippen LogP) is 2.98. The lowest BCUT2D eigenvalue weighted by Crippen LogP contribution is -2.04. The SMILES string of the molecule is Cc1c(F)c(F)c(CS)c(F)c1F. The number of hydrogen-bond donors (Lipinski definition) is 1. The van der Waals surface area contributed by atoms with Gasteiger partial charge in [0.05, 0.1) is 0 Å². The lowest BCUT2D eigenvalue weighted by molar-refractivity contribution is 0.436. The molecule has 0 aliphatic heterocycles. The van der Waals surface area contributed by atoms with E-state index in [1.165, 1.54) is 0 Å². The van der Waals surface area contributed by atoms with Crippen molar-refractivity contribution in [1.29, 1.82) is 0 Å². The highest BCUT2D eigenvalue weighted by atomic mass is 32.1. The fraction of sp³-hybridized carbons (Fsp3) is 0.250. The van der Waals surface area contributed by atoms with Gasteiger partial charge in [-0.1, -0.05) is 0 Å². The van der Waals surface area contributed by atoms with Crippen LogP contribution < -0.4 is 0 Å². The van der Waals surface area contributed by atoms with Gasteiger partial charge in [0.15, 0.2) is 23.3 Å². The first kappa shape index (κ1) is 10.4. The molecule has 0 aliphatic rings. The number of halogens is 4. The lowest BCUT2D eigenvalue weighted by Gasteiger charge is -2.06. The zero-order chi connectivity index (χ0) is 10.2. The van der Waals surface area contributed by atoms with Crippen LogP contribution in [0.2, 0.25) is 0 Å². The zero-order valence-electron chi connectivity index (χ0n) is 6.67. The summed E-state index contributed by atoms with van der Waals surface area (Å²) < 4.78 is 51.4. The molecule has 0 atom stereocenters. The van der Waals surface area contributed by atoms with E-state index in [-0.39, 0.29) is 5.75 Å². The normalized spacial score (nSPS) is 10.6. The number of rotatable bonds is 1. The van der Waals surface area contributed by atoms with Crippen LogP contribution >= 0.6 is 12.6 Å². The monoisotopic (exact) mass is 210 g/mol. The molecule has 0 bridgehead atoms. The fourth-order valence-electron chi connectivity index (χ4n) is 0.926. The Kier molecular flexibility index (Phi) is 2.85. The van der Waals surface area contributed by atoms with Gasteiger partial charge >= 0.3 is 0 Å². The van der Waals surface area contributed by atoms with Crippen LogP contribution in [0.25, 0.3) is 0 Å². The summed E-state index contributed by atoms with van der Waals surface area (Å²) >= 11 is 3.57. The van der Waals surface area contributed by atoms with E-state index in [1.807, 2.05) is 0 Å². The molecule has 0 unspecified atom stereocenters. The van der Waals surface area contributed by atoms with Crippen molar-refractivity contribution in [2.75, 3.05) is 0 Å². The van der Waals surface area contributed by atoms with Gasteiger partial charge in [0.2, 0.25) is 0 Å². The first-order chi connectivity index (χ1) is 6.00. The molecule has 0 heterocycles. The summed E-state index contributed by atoms with van der Waals surface area (Å²) in [5.41, 5.74) is -1.33. The van der Waals surface area contributed by atoms with Crippen molar-refractivity contribution < 1.29 is 17.6 Å². The van der Waals surface area contributed by atoms with Gasteiger partial charge in [-0.15, -0.1) is 0 Å². The molecule has 72 valence electrons. The molecule has 0 nitrogen and oxygen atoms in total. The first-order valence-corrected chi connectivity index (χ1v) is 4.06. The summed E-state index contributed by atoms with van der Waals surface area (Å²) in [4.78, 5) is 0. The summed E-state index contributed by atoms with van der Waals surface area (Å²) in [6.45, 7) is 0.971. The number of benzene rings is 1. The molecule has 0 fully saturated rings. The Hall–Kier alpha value is -0.710. The third kappa shape index (κ3) is 1.52. The zero-order valence-corrected chi connectivity index (χ0v) is 7.56. The van der Waals surface area contributed by atoms with Crippen molar-refractivity contribution in [3.05, 3.63) is 34.4 Å². The number of thiol groups is 1. The maximum absolute atomic E-state index is 12.9. The Balaban J connectivity index is 3.56. The molecule has 0 radical (unpaired) electrons. The molecule has 0 amide bonds. The Morgan fingerprint density at radius 3 is 1.62 bits per heavy atom. The maximum Gasteiger partial charge on any atom is 0.166 e. The predicted molar refractivity (Wildman–Crippen MR) is 43.7 cm³/mol. The van der Waals surface area contributed by atoms with E-state index < -0.39 is 34.4 Å². The van der Waals surface area contributed by atoms with Crippen molar-refractivity contribution in [2.45, 2.75) is 12.7 Å². The molecule has 0 aliphatic carbocycles. The van der Waals surface area contributed by atoms with Gasteiger partial charge in [-0.25, -0.2) is 17.6 Å². The van der Waals surface area contributed by atoms with Gasteiger partial charge in [0.25, 0.3) is 0 Å². The van der Waals surface area contributed by atoms with Crippen LogP contribution in [0.5, 0.6) is 0 Å². The Bertz CT molecular complexity index is 319. The minimum Gasteiger partial charge on any atom is -0.203 e. The number of hydrogen-bond acceptors (Lipinski definition) is 1. The van der Waals surface area contributed by atoms with E-state index in [2.05, 4.69) is 12.6 Å². The maximum atomic E-state index is 12.9. The molecule has 0 spiro atoms. The highest BCUT2D eigenvalue weighted by molar-refractivity contribution is 7.79. The lowest BCUT2D eigenvalue weighted by atomic mass is 10.1. The molecular weight excluding hydrogens is 204 g/mol. The molecule has 13 heavy (non-hydrogen) atoms. The minimum atomic E-state index is -1.37. The second-order valence-electron chi connectivity index (χ2n) is 2.52. The Morgan fingerprint density at radius 1 is 0.923 bits per heavy atom. The molecule has 0 saturated carbocycles. The van der Waals surface area contributed by atoms with Crippen LogP contribution in [-0.2, 0) is 5.75 Å². The van der Waals surface area contributed by atoms with E-state index in [4.69, 9.17) is 0 Å². The van der Waals surface area contributed by atoms with Crippen LogP contribution in [0.15, 0.2) is 0 Å². The van der Waals surface area contributed by atoms with Gasteiger partial charge in [0.1, 0.15) is 0 Å². The fourth-order valence-corrected chi connectivity index (χ4v) is 1.20. The third-order valence-electron chi connectivity index (χ3n) is 1.73. The molecular formula is C8H6F4S. The van der Waals surface area contributed by atoms with Crippen LogP contribution in [0, 0.1) is 30.2 Å². The van der Waals surface area contributed by atoms with Gasteiger partial charge < -0.3 is 0 Å². The van der Waals surface area contributed by atoms with E-state index in [0.29, 0.717) is 0 Å². The first-order valence-electron chi connectivity index (χ1n) is 3.43. The van der Waals surface area contributed by atoms with E-state index in [0.717, 1.165) is 6.92 Å². The molecule has 5 heteroatoms. The van der Waals surface area contributed by atoms with Crippen LogP contribution in [-0.4, -0.2) is 0 Å². The quantitative estimate of drug-likeness (QED) is 0.411. The summed E-state index contributed by atoms with van der Waals surface area (Å²) in [7, 11) is 0. The average Bonchev–Trinajstić information content (AvgIpc) is 2.13. The van der Waals surface area contributed by atoms with Crippen LogP contribution in [0.4, 0.5) is 17.6 Å². The summed E-state index contributed by atoms with van der Waals surface area (Å²) in [5, 5.41) is 0. The summed E-state index contributed by atoms with van der Waals surface area (Å²) in [6, 6.07) is 0. The largest absolute Gasteiger partial charge is 0.203 e. The van der Waals surface area contributed by atoms with Crippen molar-refractivity contribution >= 4 is 12.6 Å². The van der Waals surface area contributed by atoms with Crippen molar-refractivity contribution in [2.24, 2.45) is 0 Å². The Labute approximate surface area is 78.0 Å². The van der Waals surface area contributed by atoms with E-state index in [9.17, 15) is 17.6 Å². The van der Waals surface area contributed by atoms with Crippen molar-refractivity contribution in [1.82, 2.24) is 0 Å². The topological polar surface area (TPSA) is 0 Å². The van der Waals surface area contributed by atoms with Crippen molar-refractivity contribution in [3.63, 3.8) is 0 Å². The van der Waals surface area contributed by atoms with Crippen molar-refractivity contribution in [3.8, 4) is 0 Å². The van der Waals surface area contributed by atoms with Gasteiger partial charge in [-0.3, -0.25) is 0 Å². The van der Waals surface area contributed by atoms with Crippen LogP contribution in [0.1, 0.15) is 11.1 Å². The van der Waals surface area contributed by atoms with E-state index in [1.54, 1.807) is 0 Å². The Morgan fingerprint density at radius 2 is 1.31 bits per heavy atom. The smallest absolute Gasteiger partial charge is 0.166 e. The second kappa shape index (κ2) is 3.57. The molecule has 0 aromatic heterocycles. The van der Waals surface area contributed by atoms with Gasteiger partial charge in [-0.05, 0) is 6.92 Å². The molecule has 1 aromatic rings. The summed E-state index contributed by atoms with van der Waals surface area (Å²) in [6.07, 6.45) is 0. The molecule has 0 saturated heterocycles. The average molecular weight is 210 g/mol. The van der Waals surface area contributed by atoms with Gasteiger partial charge in [0, 0.05) is 16.9 Å². The van der Waals surface area contributed by atoms with Crippen LogP contribution in [0.3, 0.4) is 0 Å². The minimum absolute atomic E-state index is 0.383. The standard InChI is InChI=1S/C8H6F4S/c1-3-5(9)7(11)4(2-13)8(12)6(3)10/h13H,2H2,1H3. The highest BCUT2D eigenvalue weighted by Crippen LogP contribution is 2.24. The highest BCUT2D eigenvalue weighted by Gasteiger charge is 2.21. The summed E-state index contributed by atoms with van der Waals surface area (Å²) in [5.74, 6) is -5.84.